The first-order chi connectivity index (χ1) is 14.5. The number of rotatable bonds is 7. The maximum atomic E-state index is 12.5. The number of hydrogen-bond donors (Lipinski definition) is 1. The molecule has 0 atom stereocenters. The van der Waals surface area contributed by atoms with Gasteiger partial charge in [0.15, 0.2) is 5.13 Å². The van der Waals surface area contributed by atoms with E-state index in [2.05, 4.69) is 10.3 Å². The minimum absolute atomic E-state index is 0.0357. The van der Waals surface area contributed by atoms with Gasteiger partial charge in [-0.05, 0) is 50.3 Å². The molecule has 6 nitrogen and oxygen atoms in total. The number of benzene rings is 2. The van der Waals surface area contributed by atoms with Crippen LogP contribution in [0, 0.1) is 11.3 Å². The van der Waals surface area contributed by atoms with Crippen molar-refractivity contribution in [3.63, 3.8) is 0 Å². The van der Waals surface area contributed by atoms with E-state index in [9.17, 15) is 10.1 Å². The summed E-state index contributed by atoms with van der Waals surface area (Å²) in [7, 11) is 1.54. The van der Waals surface area contributed by atoms with E-state index in [4.69, 9.17) is 9.47 Å². The van der Waals surface area contributed by atoms with Crippen LogP contribution >= 0.6 is 11.3 Å². The summed E-state index contributed by atoms with van der Waals surface area (Å²) in [6.07, 6.45) is 1.60. The summed E-state index contributed by atoms with van der Waals surface area (Å²) >= 11 is 1.29. The van der Waals surface area contributed by atoms with E-state index in [1.165, 1.54) is 24.5 Å². The number of aromatic nitrogens is 1. The van der Waals surface area contributed by atoms with Gasteiger partial charge in [0.1, 0.15) is 23.1 Å². The van der Waals surface area contributed by atoms with Gasteiger partial charge in [-0.3, -0.25) is 10.1 Å². The van der Waals surface area contributed by atoms with Gasteiger partial charge in [-0.15, -0.1) is 11.3 Å². The molecule has 1 heterocycles. The molecule has 0 aliphatic rings. The summed E-state index contributed by atoms with van der Waals surface area (Å²) in [6, 6.07) is 16.7. The topological polar surface area (TPSA) is 84.2 Å². The van der Waals surface area contributed by atoms with E-state index in [0.717, 1.165) is 17.0 Å². The lowest BCUT2D eigenvalue weighted by Gasteiger charge is -2.09. The molecule has 0 aliphatic heterocycles. The average molecular weight is 420 g/mol. The number of nitrogens with zero attached hydrogens (tertiary/aromatic N) is 2. The predicted octanol–water partition coefficient (Wildman–Crippen LogP) is 5.15. The molecule has 152 valence electrons. The standard InChI is InChI=1S/C23H21N3O3S/c1-15(2)29-19-10-8-16(9-11-19)20-14-30-23(25-20)26-22(27)18(13-24)12-17-6-4-5-7-21(17)28-3/h4-12,14-15H,1-3H3,(H,25,26,27)/b18-12+. The van der Waals surface area contributed by atoms with Crippen molar-refractivity contribution in [3.8, 4) is 28.8 Å². The van der Waals surface area contributed by atoms with Crippen LogP contribution in [0.25, 0.3) is 17.3 Å². The summed E-state index contributed by atoms with van der Waals surface area (Å²) < 4.78 is 10.9. The second-order valence-electron chi connectivity index (χ2n) is 6.59. The second kappa shape index (κ2) is 9.72. The summed E-state index contributed by atoms with van der Waals surface area (Å²) in [5.74, 6) is 0.849. The lowest BCUT2D eigenvalue weighted by atomic mass is 10.1. The smallest absolute Gasteiger partial charge is 0.268 e. The number of methoxy groups -OCH3 is 1. The molecule has 1 aromatic heterocycles. The Kier molecular flexibility index (Phi) is 6.83. The number of nitriles is 1. The minimum atomic E-state index is -0.523. The highest BCUT2D eigenvalue weighted by Gasteiger charge is 2.14. The van der Waals surface area contributed by atoms with Crippen LogP contribution < -0.4 is 14.8 Å². The minimum Gasteiger partial charge on any atom is -0.496 e. The Morgan fingerprint density at radius 2 is 1.93 bits per heavy atom. The van der Waals surface area contributed by atoms with E-state index in [-0.39, 0.29) is 11.7 Å². The molecule has 0 aliphatic carbocycles. The van der Waals surface area contributed by atoms with Crippen molar-refractivity contribution in [1.82, 2.24) is 4.98 Å². The van der Waals surface area contributed by atoms with Gasteiger partial charge in [0, 0.05) is 16.5 Å². The monoisotopic (exact) mass is 419 g/mol. The van der Waals surface area contributed by atoms with Crippen molar-refractivity contribution < 1.29 is 14.3 Å². The molecule has 0 fully saturated rings. The van der Waals surface area contributed by atoms with Gasteiger partial charge in [0.05, 0.1) is 18.9 Å². The summed E-state index contributed by atoms with van der Waals surface area (Å²) in [5.41, 5.74) is 2.26. The van der Waals surface area contributed by atoms with Crippen molar-refractivity contribution >= 4 is 28.5 Å². The van der Waals surface area contributed by atoms with Crippen LogP contribution in [0.15, 0.2) is 59.5 Å². The van der Waals surface area contributed by atoms with E-state index in [1.54, 1.807) is 12.1 Å². The molecule has 3 rings (SSSR count). The van der Waals surface area contributed by atoms with Crippen LogP contribution in [-0.2, 0) is 4.79 Å². The predicted molar refractivity (Wildman–Crippen MR) is 119 cm³/mol. The molecule has 0 spiro atoms. The van der Waals surface area contributed by atoms with Gasteiger partial charge in [0.25, 0.3) is 5.91 Å². The molecule has 30 heavy (non-hydrogen) atoms. The van der Waals surface area contributed by atoms with E-state index in [1.807, 2.05) is 61.7 Å². The Hall–Kier alpha value is -3.63. The first-order valence-corrected chi connectivity index (χ1v) is 10.2. The molecule has 0 unspecified atom stereocenters. The Bertz CT molecular complexity index is 1100. The SMILES string of the molecule is COc1ccccc1/C=C(\C#N)C(=O)Nc1nc(-c2ccc(OC(C)C)cc2)cs1. The second-order valence-corrected chi connectivity index (χ2v) is 7.45. The van der Waals surface area contributed by atoms with Crippen LogP contribution in [0.5, 0.6) is 11.5 Å². The quantitative estimate of drug-likeness (QED) is 0.423. The molecule has 7 heteroatoms. The first kappa shape index (κ1) is 21.1. The third kappa shape index (κ3) is 5.25. The van der Waals surface area contributed by atoms with Gasteiger partial charge >= 0.3 is 0 Å². The highest BCUT2D eigenvalue weighted by molar-refractivity contribution is 7.14. The third-order valence-electron chi connectivity index (χ3n) is 4.05. The van der Waals surface area contributed by atoms with Gasteiger partial charge in [-0.1, -0.05) is 18.2 Å². The van der Waals surface area contributed by atoms with Gasteiger partial charge in [0.2, 0.25) is 0 Å². The number of hydrogen-bond acceptors (Lipinski definition) is 6. The largest absolute Gasteiger partial charge is 0.496 e. The van der Waals surface area contributed by atoms with Crippen molar-refractivity contribution in [2.75, 3.05) is 12.4 Å². The molecular formula is C23H21N3O3S. The summed E-state index contributed by atoms with van der Waals surface area (Å²) in [6.45, 7) is 3.95. The zero-order valence-electron chi connectivity index (χ0n) is 16.9. The molecule has 0 saturated heterocycles. The van der Waals surface area contributed by atoms with Crippen molar-refractivity contribution in [1.29, 1.82) is 5.26 Å². The molecule has 0 radical (unpaired) electrons. The van der Waals surface area contributed by atoms with Crippen molar-refractivity contribution in [2.45, 2.75) is 20.0 Å². The lowest BCUT2D eigenvalue weighted by molar-refractivity contribution is -0.112. The van der Waals surface area contributed by atoms with E-state index in [0.29, 0.717) is 16.4 Å². The third-order valence-corrected chi connectivity index (χ3v) is 4.81. The zero-order valence-corrected chi connectivity index (χ0v) is 17.7. The van der Waals surface area contributed by atoms with Crippen molar-refractivity contribution in [2.24, 2.45) is 0 Å². The van der Waals surface area contributed by atoms with Crippen LogP contribution in [0.1, 0.15) is 19.4 Å². The number of anilines is 1. The normalized spacial score (nSPS) is 11.1. The van der Waals surface area contributed by atoms with E-state index < -0.39 is 5.91 Å². The number of ether oxygens (including phenoxy) is 2. The van der Waals surface area contributed by atoms with Crippen LogP contribution in [0.4, 0.5) is 5.13 Å². The van der Waals surface area contributed by atoms with Gasteiger partial charge in [-0.2, -0.15) is 5.26 Å². The number of thiazole rings is 1. The molecule has 1 N–H and O–H groups in total. The maximum Gasteiger partial charge on any atom is 0.268 e. The Labute approximate surface area is 179 Å². The van der Waals surface area contributed by atoms with Crippen LogP contribution in [0.2, 0.25) is 0 Å². The van der Waals surface area contributed by atoms with Crippen molar-refractivity contribution in [3.05, 3.63) is 65.0 Å². The number of amides is 1. The number of nitrogens with one attached hydrogen (secondary N) is 1. The highest BCUT2D eigenvalue weighted by Crippen LogP contribution is 2.27. The Morgan fingerprint density at radius 1 is 1.20 bits per heavy atom. The Morgan fingerprint density at radius 3 is 2.60 bits per heavy atom. The fourth-order valence-corrected chi connectivity index (χ4v) is 3.41. The lowest BCUT2D eigenvalue weighted by Crippen LogP contribution is -2.13. The number of carbonyl (C=O) groups excluding carboxylic acids is 1. The number of para-hydroxylation sites is 1. The fraction of sp³-hybridized carbons (Fsp3) is 0.174. The zero-order chi connectivity index (χ0) is 21.5. The average Bonchev–Trinajstić information content (AvgIpc) is 3.20. The number of carbonyl (C=O) groups is 1. The van der Waals surface area contributed by atoms with Crippen LogP contribution in [0.3, 0.4) is 0 Å². The van der Waals surface area contributed by atoms with E-state index >= 15 is 0 Å². The van der Waals surface area contributed by atoms with Gasteiger partial charge in [-0.25, -0.2) is 4.98 Å². The maximum absolute atomic E-state index is 12.5. The molecule has 0 saturated carbocycles. The first-order valence-electron chi connectivity index (χ1n) is 9.29. The van der Waals surface area contributed by atoms with Gasteiger partial charge < -0.3 is 9.47 Å². The molecule has 0 bridgehead atoms. The fourth-order valence-electron chi connectivity index (χ4n) is 2.69. The molecule has 3 aromatic rings. The Balaban J connectivity index is 1.74. The highest BCUT2D eigenvalue weighted by atomic mass is 32.1. The summed E-state index contributed by atoms with van der Waals surface area (Å²) in [4.78, 5) is 17.0. The molecular weight excluding hydrogens is 398 g/mol. The van der Waals surface area contributed by atoms with Crippen LogP contribution in [-0.4, -0.2) is 24.1 Å². The molecule has 2 aromatic carbocycles. The summed E-state index contributed by atoms with van der Waals surface area (Å²) in [5, 5.41) is 14.4. The molecule has 1 amide bonds.